The van der Waals surface area contributed by atoms with Crippen molar-refractivity contribution >= 4 is 5.97 Å². The number of benzene rings is 1. The summed E-state index contributed by atoms with van der Waals surface area (Å²) in [6, 6.07) is 6.08. The van der Waals surface area contributed by atoms with Crippen molar-refractivity contribution in [2.75, 3.05) is 6.61 Å². The Labute approximate surface area is 113 Å². The van der Waals surface area contributed by atoms with Crippen LogP contribution in [0.1, 0.15) is 36.8 Å². The lowest BCUT2D eigenvalue weighted by Gasteiger charge is -2.19. The number of aryl methyl sites for hydroxylation is 1. The first-order valence-corrected chi connectivity index (χ1v) is 6.80. The Bertz CT molecular complexity index is 442. The molecule has 1 aliphatic rings. The first-order chi connectivity index (χ1) is 9.16. The van der Waals surface area contributed by atoms with E-state index in [0.29, 0.717) is 13.0 Å². The maximum absolute atomic E-state index is 10.4. The van der Waals surface area contributed by atoms with Gasteiger partial charge in [0.1, 0.15) is 5.75 Å². The summed E-state index contributed by atoms with van der Waals surface area (Å²) in [5, 5.41) is 18.0. The Morgan fingerprint density at radius 1 is 1.32 bits per heavy atom. The minimum atomic E-state index is -0.982. The Balaban J connectivity index is 1.88. The second-order valence-electron chi connectivity index (χ2n) is 4.99. The molecule has 19 heavy (non-hydrogen) atoms. The monoisotopic (exact) mass is 264 g/mol. The van der Waals surface area contributed by atoms with Crippen LogP contribution in [0.2, 0.25) is 0 Å². The van der Waals surface area contributed by atoms with Crippen LogP contribution >= 0.6 is 0 Å². The molecule has 0 amide bonds. The van der Waals surface area contributed by atoms with E-state index in [0.717, 1.165) is 18.6 Å². The summed E-state index contributed by atoms with van der Waals surface area (Å²) < 4.78 is 5.70. The van der Waals surface area contributed by atoms with Crippen LogP contribution in [0.5, 0.6) is 5.75 Å². The van der Waals surface area contributed by atoms with Crippen LogP contribution in [0.4, 0.5) is 0 Å². The molecular formula is C15H20O4. The smallest absolute Gasteiger partial charge is 0.305 e. The predicted octanol–water partition coefficient (Wildman–Crippen LogP) is 2.17. The van der Waals surface area contributed by atoms with Crippen molar-refractivity contribution in [2.24, 2.45) is 0 Å². The van der Waals surface area contributed by atoms with Crippen LogP contribution < -0.4 is 4.74 Å². The molecule has 0 aliphatic heterocycles. The molecule has 1 atom stereocenters. The fourth-order valence-electron chi connectivity index (χ4n) is 2.49. The van der Waals surface area contributed by atoms with Gasteiger partial charge in [-0.05, 0) is 42.9 Å². The number of aliphatic hydroxyl groups excluding tert-OH is 1. The molecule has 0 saturated carbocycles. The summed E-state index contributed by atoms with van der Waals surface area (Å²) in [6.07, 6.45) is 3.85. The Kier molecular flexibility index (Phi) is 4.80. The normalized spacial score (nSPS) is 15.6. The molecule has 4 nitrogen and oxygen atoms in total. The topological polar surface area (TPSA) is 66.8 Å². The summed E-state index contributed by atoms with van der Waals surface area (Å²) in [4.78, 5) is 10.4. The van der Waals surface area contributed by atoms with E-state index in [2.05, 4.69) is 6.07 Å². The molecule has 0 aromatic heterocycles. The van der Waals surface area contributed by atoms with Crippen molar-refractivity contribution in [3.8, 4) is 5.75 Å². The molecule has 104 valence electrons. The molecule has 2 N–H and O–H groups in total. The first kappa shape index (κ1) is 13.9. The molecule has 0 fully saturated rings. The van der Waals surface area contributed by atoms with Gasteiger partial charge in [0.2, 0.25) is 0 Å². The second-order valence-corrected chi connectivity index (χ2v) is 4.99. The predicted molar refractivity (Wildman–Crippen MR) is 71.5 cm³/mol. The molecule has 1 unspecified atom stereocenters. The van der Waals surface area contributed by atoms with Gasteiger partial charge in [-0.3, -0.25) is 4.79 Å². The van der Waals surface area contributed by atoms with Crippen LogP contribution in [-0.2, 0) is 17.6 Å². The van der Waals surface area contributed by atoms with Crippen molar-refractivity contribution < 1.29 is 19.7 Å². The quantitative estimate of drug-likeness (QED) is 0.826. The molecule has 1 aromatic rings. The van der Waals surface area contributed by atoms with E-state index >= 15 is 0 Å². The van der Waals surface area contributed by atoms with Crippen LogP contribution in [-0.4, -0.2) is 28.9 Å². The molecule has 4 heteroatoms. The third-order valence-corrected chi connectivity index (χ3v) is 3.47. The number of hydrogen-bond donors (Lipinski definition) is 2. The summed E-state index contributed by atoms with van der Waals surface area (Å²) in [7, 11) is 0. The zero-order valence-electron chi connectivity index (χ0n) is 11.0. The van der Waals surface area contributed by atoms with Crippen LogP contribution in [0.25, 0.3) is 0 Å². The molecule has 2 rings (SSSR count). The SMILES string of the molecule is O=C(O)CC(O)CCOc1cccc2c1CCCC2. The summed E-state index contributed by atoms with van der Waals surface area (Å²) in [6.45, 7) is 0.352. The molecule has 0 heterocycles. The third-order valence-electron chi connectivity index (χ3n) is 3.47. The van der Waals surface area contributed by atoms with Gasteiger partial charge in [-0.1, -0.05) is 12.1 Å². The molecular weight excluding hydrogens is 244 g/mol. The summed E-state index contributed by atoms with van der Waals surface area (Å²) >= 11 is 0. The van der Waals surface area contributed by atoms with Gasteiger partial charge in [0, 0.05) is 6.42 Å². The number of carboxylic acids is 1. The molecule has 0 bridgehead atoms. The lowest BCUT2D eigenvalue weighted by atomic mass is 9.91. The van der Waals surface area contributed by atoms with Crippen LogP contribution in [0.3, 0.4) is 0 Å². The Morgan fingerprint density at radius 3 is 2.89 bits per heavy atom. The van der Waals surface area contributed by atoms with Gasteiger partial charge in [0.05, 0.1) is 19.1 Å². The minimum Gasteiger partial charge on any atom is -0.493 e. The molecule has 0 spiro atoms. The highest BCUT2D eigenvalue weighted by atomic mass is 16.5. The highest BCUT2D eigenvalue weighted by molar-refractivity contribution is 5.67. The van der Waals surface area contributed by atoms with Crippen molar-refractivity contribution in [1.29, 1.82) is 0 Å². The van der Waals surface area contributed by atoms with E-state index < -0.39 is 12.1 Å². The molecule has 1 aliphatic carbocycles. The molecule has 1 aromatic carbocycles. The van der Waals surface area contributed by atoms with Gasteiger partial charge >= 0.3 is 5.97 Å². The number of carboxylic acid groups (broad SMARTS) is 1. The van der Waals surface area contributed by atoms with Gasteiger partial charge < -0.3 is 14.9 Å². The van der Waals surface area contributed by atoms with E-state index in [1.54, 1.807) is 0 Å². The van der Waals surface area contributed by atoms with Crippen molar-refractivity contribution in [2.45, 2.75) is 44.6 Å². The Morgan fingerprint density at radius 2 is 2.11 bits per heavy atom. The minimum absolute atomic E-state index is 0.226. The van der Waals surface area contributed by atoms with E-state index in [1.165, 1.54) is 24.0 Å². The van der Waals surface area contributed by atoms with E-state index in [9.17, 15) is 9.90 Å². The second kappa shape index (κ2) is 6.57. The number of rotatable bonds is 6. The van der Waals surface area contributed by atoms with Crippen molar-refractivity contribution in [1.82, 2.24) is 0 Å². The van der Waals surface area contributed by atoms with E-state index in [4.69, 9.17) is 9.84 Å². The van der Waals surface area contributed by atoms with E-state index in [-0.39, 0.29) is 6.42 Å². The largest absolute Gasteiger partial charge is 0.493 e. The number of hydrogen-bond acceptors (Lipinski definition) is 3. The zero-order chi connectivity index (χ0) is 13.7. The van der Waals surface area contributed by atoms with Crippen molar-refractivity contribution in [3.05, 3.63) is 29.3 Å². The number of fused-ring (bicyclic) bond motifs is 1. The van der Waals surface area contributed by atoms with Gasteiger partial charge in [-0.15, -0.1) is 0 Å². The lowest BCUT2D eigenvalue weighted by molar-refractivity contribution is -0.139. The summed E-state index contributed by atoms with van der Waals surface area (Å²) in [5.41, 5.74) is 2.64. The zero-order valence-corrected chi connectivity index (χ0v) is 11.0. The van der Waals surface area contributed by atoms with Crippen LogP contribution in [0.15, 0.2) is 18.2 Å². The highest BCUT2D eigenvalue weighted by Gasteiger charge is 2.14. The third kappa shape index (κ3) is 3.96. The fraction of sp³-hybridized carbons (Fsp3) is 0.533. The lowest BCUT2D eigenvalue weighted by Crippen LogP contribution is -2.16. The maximum Gasteiger partial charge on any atom is 0.305 e. The van der Waals surface area contributed by atoms with Crippen molar-refractivity contribution in [3.63, 3.8) is 0 Å². The standard InChI is InChI=1S/C15H20O4/c16-12(10-15(17)18)8-9-19-14-7-3-5-11-4-1-2-6-13(11)14/h3,5,7,12,16H,1-2,4,6,8-10H2,(H,17,18). The van der Waals surface area contributed by atoms with E-state index in [1.807, 2.05) is 12.1 Å². The maximum atomic E-state index is 10.4. The number of aliphatic hydroxyl groups is 1. The number of aliphatic carboxylic acids is 1. The average Bonchev–Trinajstić information content (AvgIpc) is 2.38. The number of carbonyl (C=O) groups is 1. The average molecular weight is 264 g/mol. The Hall–Kier alpha value is -1.55. The molecule has 0 radical (unpaired) electrons. The summed E-state index contributed by atoms with van der Waals surface area (Å²) in [5.74, 6) is -0.0932. The first-order valence-electron chi connectivity index (χ1n) is 6.80. The molecule has 0 saturated heterocycles. The number of ether oxygens (including phenoxy) is 1. The van der Waals surface area contributed by atoms with Crippen LogP contribution in [0, 0.1) is 0 Å². The highest BCUT2D eigenvalue weighted by Crippen LogP contribution is 2.29. The van der Waals surface area contributed by atoms with Gasteiger partial charge in [-0.25, -0.2) is 0 Å². The van der Waals surface area contributed by atoms with Gasteiger partial charge in [0.15, 0.2) is 0 Å². The van der Waals surface area contributed by atoms with Gasteiger partial charge in [0.25, 0.3) is 0 Å². The fourth-order valence-corrected chi connectivity index (χ4v) is 2.49. The van der Waals surface area contributed by atoms with Gasteiger partial charge in [-0.2, -0.15) is 0 Å².